The second kappa shape index (κ2) is 5.47. The zero-order valence-corrected chi connectivity index (χ0v) is 9.34. The number of hydrogen-bond donors (Lipinski definition) is 2. The number of alkyl halides is 5. The highest BCUT2D eigenvalue weighted by molar-refractivity contribution is 5.70. The molecule has 1 aromatic rings. The lowest BCUT2D eigenvalue weighted by Gasteiger charge is -2.15. The summed E-state index contributed by atoms with van der Waals surface area (Å²) in [5, 5.41) is 8.52. The fraction of sp³-hybridized carbons (Fsp3) is 0.400. The van der Waals surface area contributed by atoms with Crippen LogP contribution in [0.25, 0.3) is 0 Å². The predicted molar refractivity (Wildman–Crippen MR) is 53.4 cm³/mol. The second-order valence-electron chi connectivity index (χ2n) is 3.61. The Hall–Kier alpha value is -1.77. The van der Waals surface area contributed by atoms with Gasteiger partial charge < -0.3 is 10.8 Å². The van der Waals surface area contributed by atoms with Crippen LogP contribution in [0.5, 0.6) is 0 Å². The van der Waals surface area contributed by atoms with Crippen LogP contribution < -0.4 is 5.73 Å². The normalized spacial score (nSPS) is 11.9. The SMILES string of the molecule is NCc1cc(CC(=O)O)c(C(F)(F)F)nc1C(F)F. The minimum Gasteiger partial charge on any atom is -0.481 e. The van der Waals surface area contributed by atoms with Crippen LogP contribution in [0, 0.1) is 0 Å². The molecule has 0 saturated carbocycles. The number of nitrogens with zero attached hydrogens (tertiary/aromatic N) is 1. The van der Waals surface area contributed by atoms with Gasteiger partial charge in [0, 0.05) is 6.54 Å². The predicted octanol–water partition coefficient (Wildman–Crippen LogP) is 2.12. The first-order valence-corrected chi connectivity index (χ1v) is 4.96. The third-order valence-electron chi connectivity index (χ3n) is 2.25. The van der Waals surface area contributed by atoms with E-state index < -0.39 is 48.5 Å². The van der Waals surface area contributed by atoms with Crippen molar-refractivity contribution in [3.05, 3.63) is 28.6 Å². The molecule has 0 bridgehead atoms. The molecule has 0 spiro atoms. The van der Waals surface area contributed by atoms with E-state index in [2.05, 4.69) is 4.98 Å². The number of rotatable bonds is 4. The Morgan fingerprint density at radius 1 is 1.37 bits per heavy atom. The third kappa shape index (κ3) is 3.60. The summed E-state index contributed by atoms with van der Waals surface area (Å²) in [5.74, 6) is -1.53. The van der Waals surface area contributed by atoms with Gasteiger partial charge in [0.05, 0.1) is 6.42 Å². The minimum atomic E-state index is -5.01. The minimum absolute atomic E-state index is 0.306. The summed E-state index contributed by atoms with van der Waals surface area (Å²) in [6.45, 7) is -0.461. The Morgan fingerprint density at radius 2 is 1.95 bits per heavy atom. The first kappa shape index (κ1) is 15.3. The van der Waals surface area contributed by atoms with E-state index in [0.29, 0.717) is 6.07 Å². The highest BCUT2D eigenvalue weighted by Gasteiger charge is 2.37. The van der Waals surface area contributed by atoms with Gasteiger partial charge in [0.2, 0.25) is 0 Å². The van der Waals surface area contributed by atoms with Crippen LogP contribution in [-0.4, -0.2) is 16.1 Å². The van der Waals surface area contributed by atoms with E-state index in [-0.39, 0.29) is 5.56 Å². The Balaban J connectivity index is 3.48. The van der Waals surface area contributed by atoms with Crippen molar-refractivity contribution in [2.45, 2.75) is 25.6 Å². The van der Waals surface area contributed by atoms with Gasteiger partial charge in [-0.25, -0.2) is 13.8 Å². The molecule has 0 saturated heterocycles. The molecule has 106 valence electrons. The molecular formula is C10H9F5N2O2. The van der Waals surface area contributed by atoms with Gasteiger partial charge in [0.25, 0.3) is 6.43 Å². The lowest BCUT2D eigenvalue weighted by atomic mass is 10.0. The fourth-order valence-electron chi connectivity index (χ4n) is 1.51. The smallest absolute Gasteiger partial charge is 0.433 e. The molecule has 1 rings (SSSR count). The average molecular weight is 284 g/mol. The van der Waals surface area contributed by atoms with Crippen LogP contribution in [0.3, 0.4) is 0 Å². The first-order chi connectivity index (χ1) is 8.66. The molecule has 0 fully saturated rings. The molecule has 0 unspecified atom stereocenters. The quantitative estimate of drug-likeness (QED) is 0.830. The molecule has 0 radical (unpaired) electrons. The molecule has 0 aromatic carbocycles. The zero-order chi connectivity index (χ0) is 14.8. The molecule has 0 amide bonds. The van der Waals surface area contributed by atoms with E-state index in [1.807, 2.05) is 0 Å². The summed E-state index contributed by atoms with van der Waals surface area (Å²) >= 11 is 0. The second-order valence-corrected chi connectivity index (χ2v) is 3.61. The number of carboxylic acids is 1. The van der Waals surface area contributed by atoms with E-state index in [1.165, 1.54) is 0 Å². The number of halogens is 5. The molecule has 0 aliphatic heterocycles. The lowest BCUT2D eigenvalue weighted by Crippen LogP contribution is -2.18. The number of carbonyl (C=O) groups is 1. The number of nitrogens with two attached hydrogens (primary N) is 1. The molecule has 3 N–H and O–H groups in total. The van der Waals surface area contributed by atoms with Crippen LogP contribution in [0.4, 0.5) is 22.0 Å². The van der Waals surface area contributed by atoms with E-state index in [4.69, 9.17) is 10.8 Å². The summed E-state index contributed by atoms with van der Waals surface area (Å²) in [7, 11) is 0. The molecule has 1 aromatic heterocycles. The van der Waals surface area contributed by atoms with Crippen molar-refractivity contribution < 1.29 is 31.9 Å². The van der Waals surface area contributed by atoms with Crippen molar-refractivity contribution in [1.29, 1.82) is 0 Å². The van der Waals surface area contributed by atoms with Crippen LogP contribution in [0.1, 0.15) is 28.9 Å². The monoisotopic (exact) mass is 284 g/mol. The summed E-state index contributed by atoms with van der Waals surface area (Å²) in [6, 6.07) is 0.714. The lowest BCUT2D eigenvalue weighted by molar-refractivity contribution is -0.142. The number of aliphatic carboxylic acids is 1. The fourth-order valence-corrected chi connectivity index (χ4v) is 1.51. The van der Waals surface area contributed by atoms with Crippen LogP contribution in [-0.2, 0) is 23.9 Å². The highest BCUT2D eigenvalue weighted by Crippen LogP contribution is 2.34. The van der Waals surface area contributed by atoms with Gasteiger partial charge in [-0.3, -0.25) is 4.79 Å². The first-order valence-electron chi connectivity index (χ1n) is 4.96. The van der Waals surface area contributed by atoms with E-state index in [0.717, 1.165) is 0 Å². The number of carboxylic acid groups (broad SMARTS) is 1. The van der Waals surface area contributed by atoms with Gasteiger partial charge in [0.1, 0.15) is 11.4 Å². The van der Waals surface area contributed by atoms with Crippen molar-refractivity contribution in [2.24, 2.45) is 5.73 Å². The van der Waals surface area contributed by atoms with E-state index in [1.54, 1.807) is 0 Å². The number of pyridine rings is 1. The maximum atomic E-state index is 12.6. The van der Waals surface area contributed by atoms with Crippen molar-refractivity contribution in [3.8, 4) is 0 Å². The average Bonchev–Trinajstić information content (AvgIpc) is 2.25. The summed E-state index contributed by atoms with van der Waals surface area (Å²) < 4.78 is 63.1. The Morgan fingerprint density at radius 3 is 2.32 bits per heavy atom. The molecule has 1 heterocycles. The summed E-state index contributed by atoms with van der Waals surface area (Å²) in [5.41, 5.74) is 1.45. The molecule has 19 heavy (non-hydrogen) atoms. The van der Waals surface area contributed by atoms with Crippen LogP contribution in [0.2, 0.25) is 0 Å². The maximum absolute atomic E-state index is 12.6. The van der Waals surface area contributed by atoms with E-state index >= 15 is 0 Å². The van der Waals surface area contributed by atoms with Gasteiger partial charge in [-0.15, -0.1) is 0 Å². The van der Waals surface area contributed by atoms with Crippen molar-refractivity contribution in [3.63, 3.8) is 0 Å². The Bertz CT molecular complexity index is 488. The summed E-state index contributed by atoms with van der Waals surface area (Å²) in [4.78, 5) is 13.3. The highest BCUT2D eigenvalue weighted by atomic mass is 19.4. The number of hydrogen-bond acceptors (Lipinski definition) is 3. The molecule has 4 nitrogen and oxygen atoms in total. The van der Waals surface area contributed by atoms with Gasteiger partial charge in [-0.05, 0) is 17.2 Å². The van der Waals surface area contributed by atoms with Gasteiger partial charge in [-0.2, -0.15) is 13.2 Å². The van der Waals surface area contributed by atoms with Crippen molar-refractivity contribution in [2.75, 3.05) is 0 Å². The largest absolute Gasteiger partial charge is 0.481 e. The van der Waals surface area contributed by atoms with E-state index in [9.17, 15) is 26.7 Å². The standard InChI is InChI=1S/C10H9F5N2O2/c11-9(12)7-5(3-16)1-4(2-6(18)19)8(17-7)10(13,14)15/h1,9H,2-3,16H2,(H,18,19). The zero-order valence-electron chi connectivity index (χ0n) is 9.34. The molecule has 9 heteroatoms. The Kier molecular flexibility index (Phi) is 4.40. The topological polar surface area (TPSA) is 76.2 Å². The molecule has 0 aliphatic carbocycles. The molecule has 0 aliphatic rings. The Labute approximate surface area is 104 Å². The van der Waals surface area contributed by atoms with Gasteiger partial charge >= 0.3 is 12.1 Å². The maximum Gasteiger partial charge on any atom is 0.433 e. The van der Waals surface area contributed by atoms with Crippen LogP contribution >= 0.6 is 0 Å². The molecular weight excluding hydrogens is 275 g/mol. The number of aromatic nitrogens is 1. The summed E-state index contributed by atoms with van der Waals surface area (Å²) in [6.07, 6.45) is -9.21. The van der Waals surface area contributed by atoms with Gasteiger partial charge in [-0.1, -0.05) is 0 Å². The molecule has 0 atom stereocenters. The van der Waals surface area contributed by atoms with Crippen LogP contribution in [0.15, 0.2) is 6.07 Å². The third-order valence-corrected chi connectivity index (χ3v) is 2.25. The van der Waals surface area contributed by atoms with Gasteiger partial charge in [0.15, 0.2) is 0 Å². The van der Waals surface area contributed by atoms with Crippen molar-refractivity contribution >= 4 is 5.97 Å². The van der Waals surface area contributed by atoms with Crippen molar-refractivity contribution in [1.82, 2.24) is 4.98 Å².